The van der Waals surface area contributed by atoms with E-state index in [4.69, 9.17) is 0 Å². The zero-order valence-corrected chi connectivity index (χ0v) is 17.0. The second kappa shape index (κ2) is 8.48. The number of hydrogen-bond acceptors (Lipinski definition) is 6. The summed E-state index contributed by atoms with van der Waals surface area (Å²) in [5.41, 5.74) is 1.12. The van der Waals surface area contributed by atoms with E-state index in [1.54, 1.807) is 19.9 Å². The van der Waals surface area contributed by atoms with Crippen LogP contribution >= 0.6 is 0 Å². The summed E-state index contributed by atoms with van der Waals surface area (Å²) in [5.74, 6) is -0.0114. The van der Waals surface area contributed by atoms with Gasteiger partial charge in [-0.2, -0.15) is 4.31 Å². The van der Waals surface area contributed by atoms with E-state index in [2.05, 4.69) is 20.3 Å². The number of halogens is 3. The van der Waals surface area contributed by atoms with Crippen molar-refractivity contribution < 1.29 is 26.3 Å². The summed E-state index contributed by atoms with van der Waals surface area (Å²) in [6.07, 6.45) is -3.31. The summed E-state index contributed by atoms with van der Waals surface area (Å²) < 4.78 is 68.9. The number of rotatable bonds is 8. The van der Waals surface area contributed by atoms with Gasteiger partial charge < -0.3 is 10.1 Å². The quantitative estimate of drug-likeness (QED) is 0.575. The molecule has 0 saturated carbocycles. The number of anilines is 1. The summed E-state index contributed by atoms with van der Waals surface area (Å²) in [5, 5.41) is 11.0. The monoisotopic (exact) mass is 443 g/mol. The first-order chi connectivity index (χ1) is 14.1. The zero-order valence-electron chi connectivity index (χ0n) is 16.2. The van der Waals surface area contributed by atoms with E-state index in [9.17, 15) is 21.6 Å². The molecule has 0 aliphatic heterocycles. The third-order valence-electron chi connectivity index (χ3n) is 4.33. The minimum atomic E-state index is -4.75. The van der Waals surface area contributed by atoms with Crippen LogP contribution in [-0.2, 0) is 16.6 Å². The average molecular weight is 443 g/mol. The van der Waals surface area contributed by atoms with Gasteiger partial charge in [0.05, 0.1) is 4.90 Å². The van der Waals surface area contributed by atoms with E-state index in [1.165, 1.54) is 45.2 Å². The van der Waals surface area contributed by atoms with Crippen LogP contribution in [0.25, 0.3) is 5.65 Å². The van der Waals surface area contributed by atoms with Crippen molar-refractivity contribution in [3.8, 4) is 5.75 Å². The number of nitrogens with one attached hydrogen (secondary N) is 1. The molecule has 3 aromatic rings. The van der Waals surface area contributed by atoms with Crippen LogP contribution in [0.2, 0.25) is 0 Å². The smallest absolute Gasteiger partial charge is 0.406 e. The molecule has 0 unspecified atom stereocenters. The van der Waals surface area contributed by atoms with Gasteiger partial charge in [0.25, 0.3) is 0 Å². The van der Waals surface area contributed by atoms with Crippen LogP contribution < -0.4 is 10.1 Å². The molecule has 30 heavy (non-hydrogen) atoms. The van der Waals surface area contributed by atoms with Gasteiger partial charge in [0.1, 0.15) is 5.75 Å². The molecule has 0 amide bonds. The molecule has 0 spiro atoms. The van der Waals surface area contributed by atoms with Crippen molar-refractivity contribution in [3.63, 3.8) is 0 Å². The number of aromatic nitrogens is 3. The maximum atomic E-state index is 12.7. The van der Waals surface area contributed by atoms with Crippen molar-refractivity contribution in [1.82, 2.24) is 18.9 Å². The van der Waals surface area contributed by atoms with Crippen molar-refractivity contribution in [3.05, 3.63) is 48.2 Å². The lowest BCUT2D eigenvalue weighted by Crippen LogP contribution is -2.30. The second-order valence-electron chi connectivity index (χ2n) is 6.25. The molecular formula is C18H20F3N5O3S. The second-order valence-corrected chi connectivity index (χ2v) is 8.19. The largest absolute Gasteiger partial charge is 0.573 e. The molecule has 2 heterocycles. The number of hydrogen-bond donors (Lipinski definition) is 1. The van der Waals surface area contributed by atoms with Gasteiger partial charge in [-0.1, -0.05) is 26.0 Å². The predicted octanol–water partition coefficient (Wildman–Crippen LogP) is 3.27. The van der Waals surface area contributed by atoms with E-state index in [-0.39, 0.29) is 17.2 Å². The Morgan fingerprint density at radius 1 is 1.07 bits per heavy atom. The fourth-order valence-corrected chi connectivity index (χ4v) is 4.30. The highest BCUT2D eigenvalue weighted by Crippen LogP contribution is 2.23. The molecule has 0 aliphatic rings. The highest BCUT2D eigenvalue weighted by Gasteiger charge is 2.31. The number of ether oxygens (including phenoxy) is 1. The Hall–Kier alpha value is -2.86. The van der Waals surface area contributed by atoms with Crippen molar-refractivity contribution in [2.45, 2.75) is 31.7 Å². The summed E-state index contributed by atoms with van der Waals surface area (Å²) >= 11 is 0. The molecule has 0 fully saturated rings. The molecule has 0 atom stereocenters. The first kappa shape index (κ1) is 21.8. The summed E-state index contributed by atoms with van der Waals surface area (Å²) in [4.78, 5) is 0.107. The SMILES string of the molecule is CCN(CC)S(=O)(=O)c1ccc2nnc(NCc3ccc(OC(F)(F)F)cc3)n2c1. The Balaban J connectivity index is 1.79. The first-order valence-electron chi connectivity index (χ1n) is 9.07. The summed E-state index contributed by atoms with van der Waals surface area (Å²) in [6.45, 7) is 4.45. The van der Waals surface area contributed by atoms with Crippen molar-refractivity contribution >= 4 is 21.6 Å². The Labute approximate surface area is 171 Å². The van der Waals surface area contributed by atoms with Crippen LogP contribution in [0.15, 0.2) is 47.5 Å². The van der Waals surface area contributed by atoms with Gasteiger partial charge in [-0.05, 0) is 29.8 Å². The fraction of sp³-hybridized carbons (Fsp3) is 0.333. The minimum absolute atomic E-state index is 0.107. The number of sulfonamides is 1. The van der Waals surface area contributed by atoms with Crippen molar-refractivity contribution in [1.29, 1.82) is 0 Å². The highest BCUT2D eigenvalue weighted by atomic mass is 32.2. The third-order valence-corrected chi connectivity index (χ3v) is 6.36. The maximum absolute atomic E-state index is 12.7. The van der Waals surface area contributed by atoms with Gasteiger partial charge in [0.15, 0.2) is 5.65 Å². The molecule has 0 saturated heterocycles. The van der Waals surface area contributed by atoms with E-state index >= 15 is 0 Å². The van der Waals surface area contributed by atoms with E-state index in [1.807, 2.05) is 0 Å². The zero-order chi connectivity index (χ0) is 21.9. The van der Waals surface area contributed by atoms with Crippen LogP contribution in [0.4, 0.5) is 19.1 Å². The predicted molar refractivity (Wildman–Crippen MR) is 104 cm³/mol. The van der Waals surface area contributed by atoms with E-state index in [0.717, 1.165) is 0 Å². The van der Waals surface area contributed by atoms with Crippen LogP contribution in [-0.4, -0.2) is 46.8 Å². The lowest BCUT2D eigenvalue weighted by atomic mass is 10.2. The number of benzene rings is 1. The summed E-state index contributed by atoms with van der Waals surface area (Å²) in [7, 11) is -3.65. The van der Waals surface area contributed by atoms with Gasteiger partial charge in [-0.3, -0.25) is 4.40 Å². The molecule has 0 aliphatic carbocycles. The number of nitrogens with zero attached hydrogens (tertiary/aromatic N) is 4. The number of fused-ring (bicyclic) bond motifs is 1. The van der Waals surface area contributed by atoms with Crippen LogP contribution in [0.1, 0.15) is 19.4 Å². The van der Waals surface area contributed by atoms with Crippen molar-refractivity contribution in [2.75, 3.05) is 18.4 Å². The molecule has 162 valence electrons. The third kappa shape index (κ3) is 4.82. The molecule has 0 bridgehead atoms. The standard InChI is InChI=1S/C18H20F3N5O3S/c1-3-25(4-2)30(27,28)15-9-10-16-23-24-17(26(16)12-15)22-11-13-5-7-14(8-6-13)29-18(19,20)21/h5-10,12H,3-4,11H2,1-2H3,(H,22,24). The van der Waals surface area contributed by atoms with Crippen LogP contribution in [0.5, 0.6) is 5.75 Å². The molecule has 3 rings (SSSR count). The van der Waals surface area contributed by atoms with Gasteiger partial charge >= 0.3 is 6.36 Å². The fourth-order valence-electron chi connectivity index (χ4n) is 2.85. The Bertz CT molecular complexity index is 1110. The van der Waals surface area contributed by atoms with Crippen molar-refractivity contribution in [2.24, 2.45) is 0 Å². The Morgan fingerprint density at radius 2 is 1.73 bits per heavy atom. The molecule has 0 radical (unpaired) electrons. The van der Waals surface area contributed by atoms with Crippen LogP contribution in [0.3, 0.4) is 0 Å². The number of pyridine rings is 1. The van der Waals surface area contributed by atoms with Gasteiger partial charge in [0, 0.05) is 25.8 Å². The molecule has 12 heteroatoms. The van der Waals surface area contributed by atoms with Gasteiger partial charge in [-0.25, -0.2) is 8.42 Å². The normalized spacial score (nSPS) is 12.5. The molecular weight excluding hydrogens is 423 g/mol. The van der Waals surface area contributed by atoms with E-state index in [0.29, 0.717) is 30.2 Å². The lowest BCUT2D eigenvalue weighted by Gasteiger charge is -2.18. The van der Waals surface area contributed by atoms with Crippen LogP contribution in [0, 0.1) is 0 Å². The van der Waals surface area contributed by atoms with E-state index < -0.39 is 16.4 Å². The first-order valence-corrected chi connectivity index (χ1v) is 10.5. The molecule has 8 nitrogen and oxygen atoms in total. The Morgan fingerprint density at radius 3 is 2.33 bits per heavy atom. The molecule has 1 aromatic carbocycles. The molecule has 1 N–H and O–H groups in total. The number of alkyl halides is 3. The Kier molecular flexibility index (Phi) is 6.17. The van der Waals surface area contributed by atoms with Gasteiger partial charge in [-0.15, -0.1) is 23.4 Å². The van der Waals surface area contributed by atoms with Gasteiger partial charge in [0.2, 0.25) is 16.0 Å². The topological polar surface area (TPSA) is 88.8 Å². The molecule has 2 aromatic heterocycles. The highest BCUT2D eigenvalue weighted by molar-refractivity contribution is 7.89. The maximum Gasteiger partial charge on any atom is 0.573 e. The summed E-state index contributed by atoms with van der Waals surface area (Å²) in [6, 6.07) is 8.40. The lowest BCUT2D eigenvalue weighted by molar-refractivity contribution is -0.274. The minimum Gasteiger partial charge on any atom is -0.406 e. The average Bonchev–Trinajstić information content (AvgIpc) is 3.09.